The second kappa shape index (κ2) is 4.36. The Balaban J connectivity index is 2.60. The predicted molar refractivity (Wildman–Crippen MR) is 50.3 cm³/mol. The zero-order chi connectivity index (χ0) is 10.7. The molecule has 0 radical (unpaired) electrons. The quantitative estimate of drug-likeness (QED) is 0.405. The minimum Gasteiger partial charge on any atom is -0.448 e. The molecular weight excluding hydrogens is 254 g/mol. The van der Waals surface area contributed by atoms with Crippen molar-refractivity contribution in [3.8, 4) is 0 Å². The van der Waals surface area contributed by atoms with Gasteiger partial charge in [-0.1, -0.05) is 15.9 Å². The number of likely N-dealkylation sites (tertiary alicyclic amines) is 1. The fourth-order valence-electron chi connectivity index (χ4n) is 1.04. The number of hydrogen-bond acceptors (Lipinski definition) is 4. The molecule has 1 atom stereocenters. The molecular formula is C8H8BrNO4. The van der Waals surface area contributed by atoms with Gasteiger partial charge in [-0.2, -0.15) is 0 Å². The molecule has 0 aromatic heterocycles. The zero-order valence-corrected chi connectivity index (χ0v) is 8.98. The number of carbonyl (C=O) groups excluding carboxylic acids is 3. The van der Waals surface area contributed by atoms with E-state index in [0.29, 0.717) is 0 Å². The molecule has 1 aliphatic rings. The molecule has 5 nitrogen and oxygen atoms in total. The molecule has 1 fully saturated rings. The van der Waals surface area contributed by atoms with Crippen LogP contribution in [0.5, 0.6) is 0 Å². The van der Waals surface area contributed by atoms with E-state index in [4.69, 9.17) is 4.74 Å². The lowest BCUT2D eigenvalue weighted by Gasteiger charge is -2.08. The van der Waals surface area contributed by atoms with Crippen LogP contribution in [0.15, 0.2) is 11.1 Å². The van der Waals surface area contributed by atoms with E-state index in [2.05, 4.69) is 15.9 Å². The molecule has 0 N–H and O–H groups in total. The van der Waals surface area contributed by atoms with Crippen molar-refractivity contribution in [3.63, 3.8) is 0 Å². The Morgan fingerprint density at radius 3 is 2.71 bits per heavy atom. The summed E-state index contributed by atoms with van der Waals surface area (Å²) in [5.41, 5.74) is 0. The van der Waals surface area contributed by atoms with Crippen molar-refractivity contribution in [2.24, 2.45) is 0 Å². The lowest BCUT2D eigenvalue weighted by molar-refractivity contribution is -0.151. The van der Waals surface area contributed by atoms with E-state index < -0.39 is 18.0 Å². The first-order valence-electron chi connectivity index (χ1n) is 3.84. The highest BCUT2D eigenvalue weighted by molar-refractivity contribution is 9.11. The Kier molecular flexibility index (Phi) is 3.40. The van der Waals surface area contributed by atoms with Gasteiger partial charge >= 0.3 is 5.97 Å². The highest BCUT2D eigenvalue weighted by Gasteiger charge is 2.38. The second-order valence-electron chi connectivity index (χ2n) is 2.71. The van der Waals surface area contributed by atoms with Gasteiger partial charge in [0, 0.05) is 13.1 Å². The number of likely N-dealkylation sites (N-methyl/N-ethyl adjacent to an activating group) is 1. The average molecular weight is 262 g/mol. The van der Waals surface area contributed by atoms with E-state index in [1.807, 2.05) is 0 Å². The Hall–Kier alpha value is -1.17. The lowest BCUT2D eigenvalue weighted by Crippen LogP contribution is -2.30. The molecule has 0 spiro atoms. The third-order valence-electron chi connectivity index (χ3n) is 1.80. The maximum absolute atomic E-state index is 11.2. The van der Waals surface area contributed by atoms with Crippen LogP contribution in [0.1, 0.15) is 6.42 Å². The number of halogens is 1. The Labute approximate surface area is 88.8 Å². The first-order valence-corrected chi connectivity index (χ1v) is 4.75. The summed E-state index contributed by atoms with van der Waals surface area (Å²) in [7, 11) is 1.36. The number of esters is 1. The van der Waals surface area contributed by atoms with Gasteiger partial charge < -0.3 is 4.74 Å². The molecule has 0 aliphatic carbocycles. The smallest absolute Gasteiger partial charge is 0.332 e. The summed E-state index contributed by atoms with van der Waals surface area (Å²) >= 11 is 2.89. The maximum Gasteiger partial charge on any atom is 0.332 e. The van der Waals surface area contributed by atoms with Crippen LogP contribution in [0.3, 0.4) is 0 Å². The standard InChI is InChI=1S/C8H8BrNO4/c1-10-6(11)4-5(8(10)13)14-7(12)2-3-9/h2-3,5H,4H2,1H3/b3-2+/t5-/m0/s1. The first-order chi connectivity index (χ1) is 6.56. The number of nitrogens with zero attached hydrogens (tertiary/aromatic N) is 1. The summed E-state index contributed by atoms with van der Waals surface area (Å²) in [5, 5.41) is 0. The monoisotopic (exact) mass is 261 g/mol. The van der Waals surface area contributed by atoms with Crippen molar-refractivity contribution in [2.75, 3.05) is 7.05 Å². The Morgan fingerprint density at radius 2 is 2.29 bits per heavy atom. The summed E-state index contributed by atoms with van der Waals surface area (Å²) in [4.78, 5) is 35.5. The molecule has 0 saturated carbocycles. The van der Waals surface area contributed by atoms with Crippen molar-refractivity contribution in [3.05, 3.63) is 11.1 Å². The number of carbonyl (C=O) groups is 3. The molecule has 0 aromatic carbocycles. The third-order valence-corrected chi connectivity index (χ3v) is 2.06. The molecule has 14 heavy (non-hydrogen) atoms. The van der Waals surface area contributed by atoms with Crippen LogP contribution in [-0.2, 0) is 19.1 Å². The van der Waals surface area contributed by atoms with Crippen molar-refractivity contribution < 1.29 is 19.1 Å². The number of rotatable bonds is 2. The van der Waals surface area contributed by atoms with Crippen LogP contribution in [-0.4, -0.2) is 35.8 Å². The average Bonchev–Trinajstić information content (AvgIpc) is 2.34. The zero-order valence-electron chi connectivity index (χ0n) is 7.40. The molecule has 1 rings (SSSR count). The van der Waals surface area contributed by atoms with Crippen LogP contribution in [0.25, 0.3) is 0 Å². The van der Waals surface area contributed by atoms with Gasteiger partial charge in [0.1, 0.15) is 0 Å². The second-order valence-corrected chi connectivity index (χ2v) is 3.24. The molecule has 6 heteroatoms. The summed E-state index contributed by atoms with van der Waals surface area (Å²) in [5.74, 6) is -1.47. The third kappa shape index (κ3) is 2.20. The molecule has 1 aliphatic heterocycles. The van der Waals surface area contributed by atoms with Crippen molar-refractivity contribution in [1.29, 1.82) is 0 Å². The number of amides is 2. The minimum atomic E-state index is -0.969. The summed E-state index contributed by atoms with van der Waals surface area (Å²) in [6.45, 7) is 0. The normalized spacial score (nSPS) is 22.1. The molecule has 1 saturated heterocycles. The molecule has 76 valence electrons. The number of imide groups is 1. The SMILES string of the molecule is CN1C(=O)C[C@H](OC(=O)/C=C/Br)C1=O. The van der Waals surface area contributed by atoms with Gasteiger partial charge in [-0.05, 0) is 4.99 Å². The van der Waals surface area contributed by atoms with Gasteiger partial charge in [-0.15, -0.1) is 0 Å². The Bertz CT molecular complexity index is 312. The van der Waals surface area contributed by atoms with Crippen LogP contribution in [0.2, 0.25) is 0 Å². The fraction of sp³-hybridized carbons (Fsp3) is 0.375. The topological polar surface area (TPSA) is 63.7 Å². The van der Waals surface area contributed by atoms with Gasteiger partial charge in [-0.3, -0.25) is 14.5 Å². The molecule has 0 unspecified atom stereocenters. The van der Waals surface area contributed by atoms with Crippen molar-refractivity contribution in [1.82, 2.24) is 4.90 Å². The molecule has 1 heterocycles. The minimum absolute atomic E-state index is 0.0722. The fourth-order valence-corrected chi connectivity index (χ4v) is 1.26. The van der Waals surface area contributed by atoms with E-state index >= 15 is 0 Å². The van der Waals surface area contributed by atoms with Gasteiger partial charge in [-0.25, -0.2) is 4.79 Å². The van der Waals surface area contributed by atoms with Crippen molar-refractivity contribution >= 4 is 33.7 Å². The van der Waals surface area contributed by atoms with Gasteiger partial charge in [0.2, 0.25) is 5.91 Å². The van der Waals surface area contributed by atoms with Crippen LogP contribution >= 0.6 is 15.9 Å². The van der Waals surface area contributed by atoms with Crippen LogP contribution in [0, 0.1) is 0 Å². The van der Waals surface area contributed by atoms with Crippen LogP contribution < -0.4 is 0 Å². The van der Waals surface area contributed by atoms with E-state index in [9.17, 15) is 14.4 Å². The summed E-state index contributed by atoms with van der Waals surface area (Å²) in [6.07, 6.45) is 0.0801. The number of hydrogen-bond donors (Lipinski definition) is 0. The largest absolute Gasteiger partial charge is 0.448 e. The van der Waals surface area contributed by atoms with E-state index in [0.717, 1.165) is 11.0 Å². The maximum atomic E-state index is 11.2. The van der Waals surface area contributed by atoms with Gasteiger partial charge in [0.25, 0.3) is 5.91 Å². The van der Waals surface area contributed by atoms with E-state index in [1.54, 1.807) is 0 Å². The van der Waals surface area contributed by atoms with Crippen LogP contribution in [0.4, 0.5) is 0 Å². The molecule has 0 bridgehead atoms. The van der Waals surface area contributed by atoms with E-state index in [1.165, 1.54) is 12.0 Å². The number of ether oxygens (including phenoxy) is 1. The Morgan fingerprint density at radius 1 is 1.64 bits per heavy atom. The highest BCUT2D eigenvalue weighted by Crippen LogP contribution is 2.14. The van der Waals surface area contributed by atoms with E-state index in [-0.39, 0.29) is 12.3 Å². The summed E-state index contributed by atoms with van der Waals surface area (Å²) < 4.78 is 4.74. The summed E-state index contributed by atoms with van der Waals surface area (Å²) in [6, 6.07) is 0. The predicted octanol–water partition coefficient (Wildman–Crippen LogP) is 0.196. The highest BCUT2D eigenvalue weighted by atomic mass is 79.9. The van der Waals surface area contributed by atoms with Gasteiger partial charge in [0.15, 0.2) is 6.10 Å². The van der Waals surface area contributed by atoms with Crippen molar-refractivity contribution in [2.45, 2.75) is 12.5 Å². The molecule has 2 amide bonds. The first kappa shape index (κ1) is 10.9. The lowest BCUT2D eigenvalue weighted by atomic mass is 10.3. The molecule has 0 aromatic rings. The van der Waals surface area contributed by atoms with Gasteiger partial charge in [0.05, 0.1) is 6.42 Å².